The molecule has 25 heavy (non-hydrogen) atoms. The Morgan fingerprint density at radius 1 is 1.44 bits per heavy atom. The van der Waals surface area contributed by atoms with E-state index in [-0.39, 0.29) is 41.5 Å². The highest BCUT2D eigenvalue weighted by molar-refractivity contribution is 14.0. The summed E-state index contributed by atoms with van der Waals surface area (Å²) < 4.78 is 23.0. The Hall–Kier alpha value is -0.520. The molecule has 1 aromatic heterocycles. The molecule has 0 saturated carbocycles. The standard InChI is InChI=1S/C14H21Cl2N5O2S.HI/c1-2-17-14(21-11-3-6-24(22,23)9-11)19-5-4-18-13-12(16)7-10(15)8-20-13;/h7-8,11H,2-6,9H2,1H3,(H,18,20)(H2,17,19,21);1H. The van der Waals surface area contributed by atoms with E-state index in [2.05, 4.69) is 25.9 Å². The van der Waals surface area contributed by atoms with Crippen LogP contribution in [0.4, 0.5) is 5.82 Å². The van der Waals surface area contributed by atoms with Crippen LogP contribution in [0.1, 0.15) is 13.3 Å². The molecule has 2 heterocycles. The SMILES string of the molecule is CCNC(=NCCNc1ncc(Cl)cc1Cl)NC1CCS(=O)(=O)C1.I. The van der Waals surface area contributed by atoms with Gasteiger partial charge in [0.25, 0.3) is 0 Å². The van der Waals surface area contributed by atoms with Crippen molar-refractivity contribution < 1.29 is 8.42 Å². The van der Waals surface area contributed by atoms with Gasteiger partial charge in [-0.3, -0.25) is 4.99 Å². The van der Waals surface area contributed by atoms with E-state index >= 15 is 0 Å². The highest BCUT2D eigenvalue weighted by Crippen LogP contribution is 2.22. The first-order valence-corrected chi connectivity index (χ1v) is 10.3. The van der Waals surface area contributed by atoms with Crippen molar-refractivity contribution in [3.63, 3.8) is 0 Å². The fourth-order valence-electron chi connectivity index (χ4n) is 2.31. The zero-order valence-corrected chi connectivity index (χ0v) is 18.4. The summed E-state index contributed by atoms with van der Waals surface area (Å²) in [6, 6.07) is 1.53. The molecule has 2 rings (SSSR count). The smallest absolute Gasteiger partial charge is 0.191 e. The van der Waals surface area contributed by atoms with Crippen LogP contribution in [0.5, 0.6) is 0 Å². The van der Waals surface area contributed by atoms with Crippen molar-refractivity contribution in [3.05, 3.63) is 22.3 Å². The van der Waals surface area contributed by atoms with Crippen LogP contribution in [-0.4, -0.2) is 56.5 Å². The van der Waals surface area contributed by atoms with E-state index in [0.29, 0.717) is 47.9 Å². The molecule has 0 aliphatic carbocycles. The first-order chi connectivity index (χ1) is 11.4. The third-order valence-corrected chi connectivity index (χ3v) is 5.66. The minimum Gasteiger partial charge on any atom is -0.367 e. The van der Waals surface area contributed by atoms with Crippen molar-refractivity contribution in [1.82, 2.24) is 15.6 Å². The van der Waals surface area contributed by atoms with Gasteiger partial charge in [-0.15, -0.1) is 24.0 Å². The van der Waals surface area contributed by atoms with Gasteiger partial charge in [-0.1, -0.05) is 23.2 Å². The minimum atomic E-state index is -2.92. The normalized spacial score (nSPS) is 19.2. The molecule has 0 radical (unpaired) electrons. The summed E-state index contributed by atoms with van der Waals surface area (Å²) in [6.07, 6.45) is 2.13. The lowest BCUT2D eigenvalue weighted by molar-refractivity contribution is 0.599. The molecule has 0 aromatic carbocycles. The van der Waals surface area contributed by atoms with Crippen LogP contribution in [0.15, 0.2) is 17.3 Å². The Balaban J connectivity index is 0.00000312. The molecule has 11 heteroatoms. The third kappa shape index (κ3) is 7.71. The van der Waals surface area contributed by atoms with E-state index < -0.39 is 9.84 Å². The molecular formula is C14H22Cl2IN5O2S. The van der Waals surface area contributed by atoms with Crippen molar-refractivity contribution in [1.29, 1.82) is 0 Å². The average Bonchev–Trinajstić information content (AvgIpc) is 2.84. The highest BCUT2D eigenvalue weighted by Gasteiger charge is 2.28. The number of aliphatic imine (C=N–C) groups is 1. The monoisotopic (exact) mass is 521 g/mol. The molecule has 1 saturated heterocycles. The van der Waals surface area contributed by atoms with Gasteiger partial charge in [0.15, 0.2) is 15.8 Å². The van der Waals surface area contributed by atoms with Gasteiger partial charge in [-0.2, -0.15) is 0 Å². The van der Waals surface area contributed by atoms with Crippen LogP contribution < -0.4 is 16.0 Å². The van der Waals surface area contributed by atoms with Crippen molar-refractivity contribution in [2.24, 2.45) is 4.99 Å². The van der Waals surface area contributed by atoms with Gasteiger partial charge in [0.05, 0.1) is 28.1 Å². The summed E-state index contributed by atoms with van der Waals surface area (Å²) in [4.78, 5) is 8.54. The van der Waals surface area contributed by atoms with E-state index in [1.165, 1.54) is 6.20 Å². The van der Waals surface area contributed by atoms with Gasteiger partial charge in [0, 0.05) is 25.3 Å². The first-order valence-electron chi connectivity index (χ1n) is 7.70. The summed E-state index contributed by atoms with van der Waals surface area (Å²) >= 11 is 11.8. The van der Waals surface area contributed by atoms with Crippen LogP contribution >= 0.6 is 47.2 Å². The van der Waals surface area contributed by atoms with Crippen molar-refractivity contribution in [2.75, 3.05) is 36.5 Å². The Labute approximate surface area is 175 Å². The number of hydrogen-bond donors (Lipinski definition) is 3. The number of hydrogen-bond acceptors (Lipinski definition) is 5. The lowest BCUT2D eigenvalue weighted by Gasteiger charge is -2.16. The topological polar surface area (TPSA) is 95.5 Å². The van der Waals surface area contributed by atoms with Crippen LogP contribution in [0.2, 0.25) is 10.0 Å². The predicted molar refractivity (Wildman–Crippen MR) is 114 cm³/mol. The van der Waals surface area contributed by atoms with E-state index in [1.54, 1.807) is 6.07 Å². The lowest BCUT2D eigenvalue weighted by Crippen LogP contribution is -2.44. The highest BCUT2D eigenvalue weighted by atomic mass is 127. The maximum absolute atomic E-state index is 11.5. The number of rotatable bonds is 6. The molecule has 1 fully saturated rings. The second-order valence-corrected chi connectivity index (χ2v) is 8.49. The van der Waals surface area contributed by atoms with E-state index in [9.17, 15) is 8.42 Å². The Morgan fingerprint density at radius 2 is 2.20 bits per heavy atom. The number of guanidine groups is 1. The number of aromatic nitrogens is 1. The number of nitrogens with zero attached hydrogens (tertiary/aromatic N) is 2. The molecule has 0 bridgehead atoms. The average molecular weight is 522 g/mol. The quantitative estimate of drug-likeness (QED) is 0.230. The number of sulfone groups is 1. The largest absolute Gasteiger partial charge is 0.367 e. The van der Waals surface area contributed by atoms with Gasteiger partial charge in [-0.25, -0.2) is 13.4 Å². The van der Waals surface area contributed by atoms with Crippen LogP contribution in [-0.2, 0) is 9.84 Å². The molecule has 1 aliphatic rings. The molecule has 7 nitrogen and oxygen atoms in total. The van der Waals surface area contributed by atoms with Crippen LogP contribution in [0.25, 0.3) is 0 Å². The zero-order chi connectivity index (χ0) is 17.6. The molecule has 3 N–H and O–H groups in total. The number of pyridine rings is 1. The Morgan fingerprint density at radius 3 is 2.80 bits per heavy atom. The second kappa shape index (κ2) is 10.6. The van der Waals surface area contributed by atoms with Gasteiger partial charge in [0.1, 0.15) is 5.82 Å². The summed E-state index contributed by atoms with van der Waals surface area (Å²) in [5, 5.41) is 10.3. The van der Waals surface area contributed by atoms with Crippen molar-refractivity contribution in [2.45, 2.75) is 19.4 Å². The molecule has 1 aromatic rings. The van der Waals surface area contributed by atoms with E-state index in [1.807, 2.05) is 6.92 Å². The first kappa shape index (κ1) is 22.5. The van der Waals surface area contributed by atoms with E-state index in [0.717, 1.165) is 0 Å². The fourth-order valence-corrected chi connectivity index (χ4v) is 4.43. The summed E-state index contributed by atoms with van der Waals surface area (Å²) in [5.74, 6) is 1.54. The third-order valence-electron chi connectivity index (χ3n) is 3.40. The van der Waals surface area contributed by atoms with Crippen LogP contribution in [0.3, 0.4) is 0 Å². The zero-order valence-electron chi connectivity index (χ0n) is 13.8. The van der Waals surface area contributed by atoms with Gasteiger partial charge in [-0.05, 0) is 19.4 Å². The molecule has 1 atom stereocenters. The number of anilines is 1. The van der Waals surface area contributed by atoms with Crippen molar-refractivity contribution in [3.8, 4) is 0 Å². The molecule has 142 valence electrons. The Bertz CT molecular complexity index is 702. The predicted octanol–water partition coefficient (Wildman–Crippen LogP) is 2.16. The molecule has 1 unspecified atom stereocenters. The van der Waals surface area contributed by atoms with E-state index in [4.69, 9.17) is 23.2 Å². The maximum atomic E-state index is 11.5. The van der Waals surface area contributed by atoms with Gasteiger partial charge >= 0.3 is 0 Å². The summed E-state index contributed by atoms with van der Waals surface area (Å²) in [7, 11) is -2.92. The number of halogens is 3. The van der Waals surface area contributed by atoms with Crippen LogP contribution in [0, 0.1) is 0 Å². The molecule has 0 spiro atoms. The van der Waals surface area contributed by atoms with Gasteiger partial charge in [0.2, 0.25) is 0 Å². The minimum absolute atomic E-state index is 0. The lowest BCUT2D eigenvalue weighted by atomic mass is 10.3. The molecule has 1 aliphatic heterocycles. The van der Waals surface area contributed by atoms with Gasteiger partial charge < -0.3 is 16.0 Å². The van der Waals surface area contributed by atoms with Crippen molar-refractivity contribution >= 4 is 68.8 Å². The Kier molecular flexibility index (Phi) is 9.54. The number of nitrogens with one attached hydrogen (secondary N) is 3. The summed E-state index contributed by atoms with van der Waals surface area (Å²) in [6.45, 7) is 3.67. The molecule has 0 amide bonds. The molecular weight excluding hydrogens is 500 g/mol. The fraction of sp³-hybridized carbons (Fsp3) is 0.571. The maximum Gasteiger partial charge on any atom is 0.191 e. The summed E-state index contributed by atoms with van der Waals surface area (Å²) in [5.41, 5.74) is 0. The second-order valence-electron chi connectivity index (χ2n) is 5.42.